The minimum atomic E-state index is -0.392. The van der Waals surface area contributed by atoms with E-state index in [1.807, 2.05) is 18.2 Å². The first-order chi connectivity index (χ1) is 10.3. The smallest absolute Gasteiger partial charge is 0.343 e. The van der Waals surface area contributed by atoms with E-state index in [4.69, 9.17) is 4.74 Å². The van der Waals surface area contributed by atoms with Crippen LogP contribution in [0.3, 0.4) is 0 Å². The van der Waals surface area contributed by atoms with Gasteiger partial charge in [0.25, 0.3) is 0 Å². The lowest BCUT2D eigenvalue weighted by Crippen LogP contribution is -2.09. The van der Waals surface area contributed by atoms with Crippen molar-refractivity contribution in [3.8, 4) is 16.9 Å². The van der Waals surface area contributed by atoms with Crippen molar-refractivity contribution in [3.05, 3.63) is 78.9 Å². The van der Waals surface area contributed by atoms with Crippen LogP contribution < -0.4 is 4.74 Å². The Kier molecular flexibility index (Phi) is 3.69. The van der Waals surface area contributed by atoms with Gasteiger partial charge >= 0.3 is 5.97 Å². The van der Waals surface area contributed by atoms with Crippen LogP contribution in [0.15, 0.2) is 73.3 Å². The molecule has 0 N–H and O–H groups in total. The number of nitrogens with zero attached hydrogens (tertiary/aromatic N) is 2. The highest BCUT2D eigenvalue weighted by atomic mass is 16.5. The minimum absolute atomic E-state index is 0.392. The Labute approximate surface area is 122 Å². The quantitative estimate of drug-likeness (QED) is 0.688. The molecule has 4 heteroatoms. The molecule has 0 aliphatic carbocycles. The van der Waals surface area contributed by atoms with Gasteiger partial charge in [0, 0.05) is 30.4 Å². The monoisotopic (exact) mass is 276 g/mol. The fraction of sp³-hybridized carbons (Fsp3) is 0. The van der Waals surface area contributed by atoms with Crippen molar-refractivity contribution in [1.82, 2.24) is 9.97 Å². The molecule has 0 unspecified atom stereocenters. The van der Waals surface area contributed by atoms with Gasteiger partial charge in [-0.1, -0.05) is 18.2 Å². The van der Waals surface area contributed by atoms with Crippen LogP contribution >= 0.6 is 0 Å². The first kappa shape index (κ1) is 13.0. The van der Waals surface area contributed by atoms with Crippen molar-refractivity contribution in [2.24, 2.45) is 0 Å². The van der Waals surface area contributed by atoms with Gasteiger partial charge in [0.05, 0.1) is 5.56 Å². The van der Waals surface area contributed by atoms with Gasteiger partial charge in [-0.25, -0.2) is 4.79 Å². The van der Waals surface area contributed by atoms with Crippen molar-refractivity contribution in [3.63, 3.8) is 0 Å². The highest BCUT2D eigenvalue weighted by molar-refractivity contribution is 5.92. The van der Waals surface area contributed by atoms with Crippen molar-refractivity contribution in [2.75, 3.05) is 0 Å². The number of benzene rings is 1. The van der Waals surface area contributed by atoms with E-state index in [9.17, 15) is 4.79 Å². The highest BCUT2D eigenvalue weighted by Crippen LogP contribution is 2.28. The lowest BCUT2D eigenvalue weighted by Gasteiger charge is -2.09. The number of pyridine rings is 2. The second kappa shape index (κ2) is 5.96. The molecule has 0 spiro atoms. The number of hydrogen-bond donors (Lipinski definition) is 0. The van der Waals surface area contributed by atoms with E-state index >= 15 is 0 Å². The number of ether oxygens (including phenoxy) is 1. The van der Waals surface area contributed by atoms with Crippen molar-refractivity contribution in [2.45, 2.75) is 0 Å². The van der Waals surface area contributed by atoms with Gasteiger partial charge in [0.15, 0.2) is 0 Å². The van der Waals surface area contributed by atoms with E-state index in [1.165, 1.54) is 0 Å². The van der Waals surface area contributed by atoms with Crippen LogP contribution in [-0.4, -0.2) is 15.9 Å². The summed E-state index contributed by atoms with van der Waals surface area (Å²) < 4.78 is 5.49. The molecule has 0 atom stereocenters. The molecule has 0 bridgehead atoms. The van der Waals surface area contributed by atoms with E-state index in [-0.39, 0.29) is 0 Å². The Balaban J connectivity index is 1.92. The molecule has 102 valence electrons. The third-order valence-corrected chi connectivity index (χ3v) is 2.98. The second-order valence-corrected chi connectivity index (χ2v) is 4.36. The van der Waals surface area contributed by atoms with Crippen LogP contribution in [0.4, 0.5) is 0 Å². The van der Waals surface area contributed by atoms with Gasteiger partial charge < -0.3 is 4.74 Å². The van der Waals surface area contributed by atoms with Gasteiger partial charge in [0.2, 0.25) is 0 Å². The van der Waals surface area contributed by atoms with Gasteiger partial charge in [-0.3, -0.25) is 9.97 Å². The summed E-state index contributed by atoms with van der Waals surface area (Å²) in [5.41, 5.74) is 2.16. The molecular formula is C17H12N2O2. The summed E-state index contributed by atoms with van der Waals surface area (Å²) in [6.45, 7) is 0. The molecule has 21 heavy (non-hydrogen) atoms. The van der Waals surface area contributed by atoms with E-state index < -0.39 is 5.97 Å². The molecule has 0 saturated heterocycles. The number of aromatic nitrogens is 2. The highest BCUT2D eigenvalue weighted by Gasteiger charge is 2.12. The van der Waals surface area contributed by atoms with Crippen LogP contribution in [0.1, 0.15) is 10.4 Å². The van der Waals surface area contributed by atoms with Crippen LogP contribution in [0.5, 0.6) is 5.75 Å². The topological polar surface area (TPSA) is 52.1 Å². The molecule has 0 aliphatic rings. The van der Waals surface area contributed by atoms with Gasteiger partial charge in [-0.2, -0.15) is 0 Å². The maximum absolute atomic E-state index is 12.1. The number of hydrogen-bond acceptors (Lipinski definition) is 4. The molecule has 2 aromatic heterocycles. The predicted octanol–water partition coefficient (Wildman–Crippen LogP) is 3.36. The van der Waals surface area contributed by atoms with Crippen molar-refractivity contribution < 1.29 is 9.53 Å². The second-order valence-electron chi connectivity index (χ2n) is 4.36. The van der Waals surface area contributed by atoms with Gasteiger partial charge in [-0.05, 0) is 35.9 Å². The number of carbonyl (C=O) groups excluding carboxylic acids is 1. The lowest BCUT2D eigenvalue weighted by atomic mass is 10.1. The Morgan fingerprint density at radius 1 is 0.857 bits per heavy atom. The Morgan fingerprint density at radius 3 is 2.33 bits per heavy atom. The maximum Gasteiger partial charge on any atom is 0.343 e. The number of rotatable bonds is 3. The van der Waals surface area contributed by atoms with Crippen LogP contribution in [-0.2, 0) is 0 Å². The maximum atomic E-state index is 12.1. The number of carbonyl (C=O) groups is 1. The predicted molar refractivity (Wildman–Crippen MR) is 78.9 cm³/mol. The van der Waals surface area contributed by atoms with E-state index in [1.54, 1.807) is 55.1 Å². The summed E-state index contributed by atoms with van der Waals surface area (Å²) in [6.07, 6.45) is 6.64. The van der Waals surface area contributed by atoms with Crippen LogP contribution in [0.25, 0.3) is 11.1 Å². The summed E-state index contributed by atoms with van der Waals surface area (Å²) >= 11 is 0. The molecule has 0 amide bonds. The summed E-state index contributed by atoms with van der Waals surface area (Å²) in [7, 11) is 0. The SMILES string of the molecule is O=C(Oc1ccncc1-c1ccncc1)c1ccccc1. The standard InChI is InChI=1S/C17H12N2O2/c20-17(14-4-2-1-3-5-14)21-16-8-11-19-12-15(16)13-6-9-18-10-7-13/h1-12H. The third kappa shape index (κ3) is 2.95. The summed E-state index contributed by atoms with van der Waals surface area (Å²) in [6, 6.07) is 14.3. The Bertz CT molecular complexity index is 743. The van der Waals surface area contributed by atoms with E-state index in [0.29, 0.717) is 11.3 Å². The van der Waals surface area contributed by atoms with Gasteiger partial charge in [0.1, 0.15) is 5.75 Å². The molecule has 0 saturated carbocycles. The van der Waals surface area contributed by atoms with Crippen LogP contribution in [0, 0.1) is 0 Å². The number of esters is 1. The van der Waals surface area contributed by atoms with Crippen molar-refractivity contribution >= 4 is 5.97 Å². The fourth-order valence-electron chi connectivity index (χ4n) is 1.95. The van der Waals surface area contributed by atoms with E-state index in [2.05, 4.69) is 9.97 Å². The van der Waals surface area contributed by atoms with Gasteiger partial charge in [-0.15, -0.1) is 0 Å². The normalized spacial score (nSPS) is 10.1. The zero-order valence-corrected chi connectivity index (χ0v) is 11.1. The zero-order chi connectivity index (χ0) is 14.5. The average Bonchev–Trinajstić information content (AvgIpc) is 2.57. The Morgan fingerprint density at radius 2 is 1.57 bits per heavy atom. The largest absolute Gasteiger partial charge is 0.422 e. The summed E-state index contributed by atoms with van der Waals surface area (Å²) in [4.78, 5) is 20.2. The Hall–Kier alpha value is -3.01. The summed E-state index contributed by atoms with van der Waals surface area (Å²) in [5, 5.41) is 0. The molecule has 4 nitrogen and oxygen atoms in total. The molecular weight excluding hydrogens is 264 g/mol. The lowest BCUT2D eigenvalue weighted by molar-refractivity contribution is 0.0735. The minimum Gasteiger partial charge on any atom is -0.422 e. The molecule has 0 radical (unpaired) electrons. The van der Waals surface area contributed by atoms with Crippen molar-refractivity contribution in [1.29, 1.82) is 0 Å². The molecule has 0 fully saturated rings. The molecule has 3 aromatic rings. The van der Waals surface area contributed by atoms with E-state index in [0.717, 1.165) is 11.1 Å². The first-order valence-electron chi connectivity index (χ1n) is 6.46. The average molecular weight is 276 g/mol. The zero-order valence-electron chi connectivity index (χ0n) is 11.1. The third-order valence-electron chi connectivity index (χ3n) is 2.98. The molecule has 1 aromatic carbocycles. The summed E-state index contributed by atoms with van der Waals surface area (Å²) in [5.74, 6) is 0.0853. The molecule has 2 heterocycles. The first-order valence-corrected chi connectivity index (χ1v) is 6.46. The van der Waals surface area contributed by atoms with Crippen LogP contribution in [0.2, 0.25) is 0 Å². The fourth-order valence-corrected chi connectivity index (χ4v) is 1.95. The molecule has 0 aliphatic heterocycles. The molecule has 3 rings (SSSR count).